The van der Waals surface area contributed by atoms with E-state index in [2.05, 4.69) is 15.6 Å². The van der Waals surface area contributed by atoms with Crippen LogP contribution in [-0.2, 0) is 14.8 Å². The van der Waals surface area contributed by atoms with Crippen LogP contribution in [0.5, 0.6) is 0 Å². The third kappa shape index (κ3) is 4.48. The number of carbonyl (C=O) groups excluding carboxylic acids is 1. The number of rotatable bonds is 5. The topological polar surface area (TPSA) is 114 Å². The van der Waals surface area contributed by atoms with Gasteiger partial charge in [0.1, 0.15) is 11.3 Å². The molecule has 1 saturated carbocycles. The third-order valence-electron chi connectivity index (χ3n) is 8.52. The molecule has 1 aliphatic heterocycles. The number of nitrogens with zero attached hydrogens (tertiary/aromatic N) is 6. The quantitative estimate of drug-likeness (QED) is 0.350. The van der Waals surface area contributed by atoms with E-state index in [1.165, 1.54) is 3.97 Å². The largest absolute Gasteiger partial charge is 0.343 e. The molecule has 1 saturated heterocycles. The van der Waals surface area contributed by atoms with Gasteiger partial charge in [-0.3, -0.25) is 4.79 Å². The van der Waals surface area contributed by atoms with E-state index < -0.39 is 10.0 Å². The summed E-state index contributed by atoms with van der Waals surface area (Å²) in [5.74, 6) is 1.73. The maximum Gasteiger partial charge on any atom is 0.269 e. The van der Waals surface area contributed by atoms with Crippen molar-refractivity contribution in [2.24, 2.45) is 5.92 Å². The van der Waals surface area contributed by atoms with E-state index in [0.717, 1.165) is 60.8 Å². The number of imidazole rings is 1. The fraction of sp³-hybridized carbons (Fsp3) is 0.448. The number of hydrogen-bond donors (Lipinski definition) is 0. The van der Waals surface area contributed by atoms with E-state index in [9.17, 15) is 18.5 Å². The van der Waals surface area contributed by atoms with E-state index in [-0.39, 0.29) is 22.8 Å². The van der Waals surface area contributed by atoms with Crippen LogP contribution < -0.4 is 0 Å². The average Bonchev–Trinajstić information content (AvgIpc) is 3.56. The molecule has 202 valence electrons. The number of carbonyl (C=O) groups is 1. The Morgan fingerprint density at radius 1 is 1.05 bits per heavy atom. The zero-order valence-corrected chi connectivity index (χ0v) is 22.8. The Morgan fingerprint density at radius 2 is 1.77 bits per heavy atom. The lowest BCUT2D eigenvalue weighted by Crippen LogP contribution is -2.37. The van der Waals surface area contributed by atoms with Crippen LogP contribution in [0, 0.1) is 17.2 Å². The second-order valence-electron chi connectivity index (χ2n) is 10.8. The second-order valence-corrected chi connectivity index (χ2v) is 12.6. The van der Waals surface area contributed by atoms with Crippen molar-refractivity contribution in [1.29, 1.82) is 5.26 Å². The van der Waals surface area contributed by atoms with Crippen molar-refractivity contribution in [1.82, 2.24) is 23.4 Å². The number of fused-ring (bicyclic) bond motifs is 3. The predicted molar refractivity (Wildman–Crippen MR) is 148 cm³/mol. The number of hydrogen-bond acceptors (Lipinski definition) is 6. The van der Waals surface area contributed by atoms with Crippen LogP contribution in [0.15, 0.2) is 53.7 Å². The molecule has 2 fully saturated rings. The lowest BCUT2D eigenvalue weighted by atomic mass is 9.84. The number of piperidine rings is 1. The number of aromatic nitrogens is 4. The number of benzene rings is 1. The van der Waals surface area contributed by atoms with Crippen molar-refractivity contribution in [3.63, 3.8) is 0 Å². The minimum absolute atomic E-state index is 0.102. The molecule has 0 unspecified atom stereocenters. The van der Waals surface area contributed by atoms with Gasteiger partial charge in [-0.25, -0.2) is 22.4 Å². The van der Waals surface area contributed by atoms with Crippen LogP contribution in [0.4, 0.5) is 0 Å². The van der Waals surface area contributed by atoms with Crippen molar-refractivity contribution in [2.45, 2.75) is 68.7 Å². The summed E-state index contributed by atoms with van der Waals surface area (Å²) in [6.45, 7) is 3.03. The molecule has 0 spiro atoms. The van der Waals surface area contributed by atoms with E-state index in [0.29, 0.717) is 31.1 Å². The van der Waals surface area contributed by atoms with Crippen molar-refractivity contribution in [2.75, 3.05) is 13.1 Å². The van der Waals surface area contributed by atoms with Crippen LogP contribution in [0.2, 0.25) is 0 Å². The Balaban J connectivity index is 1.47. The lowest BCUT2D eigenvalue weighted by Gasteiger charge is -2.34. The lowest BCUT2D eigenvalue weighted by molar-refractivity contribution is -0.129. The highest BCUT2D eigenvalue weighted by Gasteiger charge is 2.32. The Hall–Kier alpha value is -3.71. The molecule has 6 rings (SSSR count). The molecule has 0 atom stereocenters. The highest BCUT2D eigenvalue weighted by molar-refractivity contribution is 7.90. The molecule has 10 heteroatoms. The molecule has 1 aliphatic carbocycles. The van der Waals surface area contributed by atoms with Crippen molar-refractivity contribution in [3.05, 3.63) is 54.6 Å². The summed E-state index contributed by atoms with van der Waals surface area (Å²) in [6.07, 6.45) is 9.41. The first-order chi connectivity index (χ1) is 18.9. The molecule has 2 aliphatic rings. The highest BCUT2D eigenvalue weighted by Crippen LogP contribution is 2.41. The predicted octanol–water partition coefficient (Wildman–Crippen LogP) is 4.99. The van der Waals surface area contributed by atoms with E-state index in [1.807, 2.05) is 11.0 Å². The van der Waals surface area contributed by atoms with Crippen molar-refractivity contribution in [3.8, 4) is 6.07 Å². The van der Waals surface area contributed by atoms with Gasteiger partial charge in [0.05, 0.1) is 22.7 Å². The molecule has 39 heavy (non-hydrogen) atoms. The minimum atomic E-state index is -3.81. The maximum absolute atomic E-state index is 13.5. The van der Waals surface area contributed by atoms with Gasteiger partial charge in [-0.2, -0.15) is 5.26 Å². The Labute approximate surface area is 228 Å². The first kappa shape index (κ1) is 25.6. The number of nitriles is 1. The van der Waals surface area contributed by atoms with Gasteiger partial charge in [-0.05, 0) is 62.6 Å². The SMILES string of the molecule is CC(=O)N1CCC(c2nc3cnc4c(ccn4S(=O)(=O)c4ccccc4)c3n2C2CCC(CC#N)CC2)CC1. The van der Waals surface area contributed by atoms with Gasteiger partial charge in [0.15, 0.2) is 5.65 Å². The Morgan fingerprint density at radius 3 is 2.44 bits per heavy atom. The van der Waals surface area contributed by atoms with Gasteiger partial charge < -0.3 is 9.47 Å². The van der Waals surface area contributed by atoms with Gasteiger partial charge in [-0.15, -0.1) is 0 Å². The molecule has 4 heterocycles. The fourth-order valence-corrected chi connectivity index (χ4v) is 7.73. The summed E-state index contributed by atoms with van der Waals surface area (Å²) in [7, 11) is -3.81. The van der Waals surface area contributed by atoms with Crippen LogP contribution in [0.1, 0.15) is 69.7 Å². The fourth-order valence-electron chi connectivity index (χ4n) is 6.41. The van der Waals surface area contributed by atoms with Gasteiger partial charge in [0, 0.05) is 50.0 Å². The van der Waals surface area contributed by atoms with Crippen molar-refractivity contribution >= 4 is 38.0 Å². The highest BCUT2D eigenvalue weighted by atomic mass is 32.2. The van der Waals surface area contributed by atoms with Crippen LogP contribution in [0.3, 0.4) is 0 Å². The van der Waals surface area contributed by atoms with Crippen LogP contribution in [0.25, 0.3) is 22.1 Å². The molecule has 0 radical (unpaired) electrons. The molecule has 1 aromatic carbocycles. The molecule has 3 aromatic heterocycles. The summed E-state index contributed by atoms with van der Waals surface area (Å²) < 4.78 is 30.6. The standard InChI is InChI=1S/C29H32N6O3S/c1-20(36)33-16-12-22(13-17-33)28-32-26-19-31-29-25(14-18-34(29)39(37,38)24-5-3-2-4-6-24)27(26)35(28)23-9-7-21(8-10-23)11-15-30/h2-6,14,18-19,21-23H,7-13,16-17H2,1H3. The zero-order chi connectivity index (χ0) is 27.1. The monoisotopic (exact) mass is 544 g/mol. The Kier molecular flexibility index (Phi) is 6.63. The van der Waals surface area contributed by atoms with E-state index >= 15 is 0 Å². The van der Waals surface area contributed by atoms with E-state index in [1.54, 1.807) is 49.6 Å². The zero-order valence-electron chi connectivity index (χ0n) is 22.0. The smallest absolute Gasteiger partial charge is 0.269 e. The first-order valence-corrected chi connectivity index (χ1v) is 15.1. The van der Waals surface area contributed by atoms with Crippen LogP contribution >= 0.6 is 0 Å². The summed E-state index contributed by atoms with van der Waals surface area (Å²) in [5.41, 5.74) is 2.08. The average molecular weight is 545 g/mol. The van der Waals surface area contributed by atoms with Crippen molar-refractivity contribution < 1.29 is 13.2 Å². The summed E-state index contributed by atoms with van der Waals surface area (Å²) >= 11 is 0. The Bertz CT molecular complexity index is 1670. The van der Waals surface area contributed by atoms with E-state index in [4.69, 9.17) is 4.98 Å². The summed E-state index contributed by atoms with van der Waals surface area (Å²) in [6, 6.07) is 12.8. The maximum atomic E-state index is 13.5. The molecule has 9 nitrogen and oxygen atoms in total. The summed E-state index contributed by atoms with van der Waals surface area (Å²) in [4.78, 5) is 23.7. The molecule has 0 N–H and O–H groups in total. The van der Waals surface area contributed by atoms with Crippen LogP contribution in [-0.4, -0.2) is 50.8 Å². The number of pyridine rings is 1. The van der Waals surface area contributed by atoms with Gasteiger partial charge in [-0.1, -0.05) is 18.2 Å². The molecule has 1 amide bonds. The molecule has 0 bridgehead atoms. The molecular weight excluding hydrogens is 512 g/mol. The molecular formula is C29H32N6O3S. The normalized spacial score (nSPS) is 20.9. The van der Waals surface area contributed by atoms with Gasteiger partial charge in [0.25, 0.3) is 10.0 Å². The number of amides is 1. The first-order valence-electron chi connectivity index (χ1n) is 13.7. The second kappa shape index (κ2) is 10.1. The van der Waals surface area contributed by atoms with Gasteiger partial charge >= 0.3 is 0 Å². The summed E-state index contributed by atoms with van der Waals surface area (Å²) in [5, 5.41) is 9.97. The molecule has 4 aromatic rings. The number of likely N-dealkylation sites (tertiary alicyclic amines) is 1. The minimum Gasteiger partial charge on any atom is -0.343 e. The van der Waals surface area contributed by atoms with Gasteiger partial charge in [0.2, 0.25) is 5.91 Å². The third-order valence-corrected chi connectivity index (χ3v) is 10.2.